The first kappa shape index (κ1) is 9.14. The minimum Gasteiger partial charge on any atom is -0.368 e. The topological polar surface area (TPSA) is 99.8 Å². The third kappa shape index (κ3) is 1.37. The molecule has 6 heteroatoms. The van der Waals surface area contributed by atoms with Crippen LogP contribution in [0, 0.1) is 0 Å². The van der Waals surface area contributed by atoms with Gasteiger partial charge in [-0.3, -0.25) is 4.79 Å². The summed E-state index contributed by atoms with van der Waals surface area (Å²) in [5.41, 5.74) is 10.2. The molecule has 2 atom stereocenters. The monoisotopic (exact) mass is 195 g/mol. The number of carbonyl (C=O) groups is 1. The first-order valence-corrected chi connectivity index (χ1v) is 4.55. The largest absolute Gasteiger partial charge is 0.368 e. The molecule has 0 radical (unpaired) electrons. The molecule has 2 rings (SSSR count). The lowest BCUT2D eigenvalue weighted by molar-refractivity contribution is -0.123. The van der Waals surface area contributed by atoms with Gasteiger partial charge in [0.25, 0.3) is 0 Å². The molecule has 0 saturated heterocycles. The molecule has 0 aliphatic heterocycles. The van der Waals surface area contributed by atoms with Crippen LogP contribution in [-0.2, 0) is 4.79 Å². The van der Waals surface area contributed by atoms with Crippen molar-refractivity contribution in [3.05, 3.63) is 12.7 Å². The third-order valence-electron chi connectivity index (χ3n) is 2.83. The van der Waals surface area contributed by atoms with E-state index in [2.05, 4.69) is 10.1 Å². The molecule has 1 amide bonds. The summed E-state index contributed by atoms with van der Waals surface area (Å²) in [6, 6.07) is 0.148. The van der Waals surface area contributed by atoms with Crippen molar-refractivity contribution < 1.29 is 4.79 Å². The molecule has 0 spiro atoms. The highest BCUT2D eigenvalue weighted by molar-refractivity contribution is 5.84. The van der Waals surface area contributed by atoms with Gasteiger partial charge in [0.2, 0.25) is 5.91 Å². The predicted octanol–water partition coefficient (Wildman–Crippen LogP) is -0.814. The highest BCUT2D eigenvalue weighted by Gasteiger charge is 2.41. The zero-order chi connectivity index (χ0) is 10.2. The van der Waals surface area contributed by atoms with Crippen molar-refractivity contribution in [2.24, 2.45) is 11.5 Å². The maximum Gasteiger partial charge on any atom is 0.237 e. The number of hydrogen-bond acceptors (Lipinski definition) is 4. The van der Waals surface area contributed by atoms with E-state index in [-0.39, 0.29) is 6.04 Å². The maximum atomic E-state index is 11.1. The molecule has 0 aromatic carbocycles. The minimum absolute atomic E-state index is 0.148. The van der Waals surface area contributed by atoms with E-state index in [1.54, 1.807) is 11.0 Å². The van der Waals surface area contributed by atoms with Crippen LogP contribution in [0.4, 0.5) is 0 Å². The van der Waals surface area contributed by atoms with Crippen LogP contribution in [0.1, 0.15) is 25.3 Å². The molecule has 1 saturated carbocycles. The van der Waals surface area contributed by atoms with Crippen LogP contribution in [0.25, 0.3) is 0 Å². The van der Waals surface area contributed by atoms with Crippen molar-refractivity contribution >= 4 is 5.91 Å². The second-order valence-electron chi connectivity index (χ2n) is 3.79. The zero-order valence-corrected chi connectivity index (χ0v) is 7.76. The fourth-order valence-corrected chi connectivity index (χ4v) is 1.90. The van der Waals surface area contributed by atoms with Gasteiger partial charge in [0, 0.05) is 0 Å². The van der Waals surface area contributed by atoms with Gasteiger partial charge >= 0.3 is 0 Å². The Balaban J connectivity index is 2.12. The molecule has 2 unspecified atom stereocenters. The average Bonchev–Trinajstić information content (AvgIpc) is 2.72. The SMILES string of the molecule is NC(=O)C1(N)CCC(n2cncn2)C1. The Hall–Kier alpha value is -1.43. The molecule has 1 heterocycles. The lowest BCUT2D eigenvalue weighted by Crippen LogP contribution is -2.49. The van der Waals surface area contributed by atoms with Crippen LogP contribution in [0.2, 0.25) is 0 Å². The zero-order valence-electron chi connectivity index (χ0n) is 7.76. The molecule has 1 aliphatic rings. The van der Waals surface area contributed by atoms with Crippen molar-refractivity contribution in [3.63, 3.8) is 0 Å². The normalized spacial score (nSPS) is 31.9. The number of amides is 1. The Labute approximate surface area is 81.3 Å². The van der Waals surface area contributed by atoms with Crippen molar-refractivity contribution in [2.75, 3.05) is 0 Å². The van der Waals surface area contributed by atoms with Gasteiger partial charge in [-0.25, -0.2) is 9.67 Å². The molecular weight excluding hydrogens is 182 g/mol. The quantitative estimate of drug-likeness (QED) is 0.644. The van der Waals surface area contributed by atoms with E-state index in [4.69, 9.17) is 11.5 Å². The van der Waals surface area contributed by atoms with Gasteiger partial charge < -0.3 is 11.5 Å². The van der Waals surface area contributed by atoms with Gasteiger partial charge in [-0.05, 0) is 19.3 Å². The Morgan fingerprint density at radius 2 is 2.43 bits per heavy atom. The van der Waals surface area contributed by atoms with Crippen molar-refractivity contribution in [3.8, 4) is 0 Å². The Bertz CT molecular complexity index is 336. The summed E-state index contributed by atoms with van der Waals surface area (Å²) in [5.74, 6) is -0.430. The van der Waals surface area contributed by atoms with E-state index in [0.29, 0.717) is 12.8 Å². The lowest BCUT2D eigenvalue weighted by atomic mass is 9.98. The highest BCUT2D eigenvalue weighted by Crippen LogP contribution is 2.35. The molecule has 1 fully saturated rings. The number of aromatic nitrogens is 3. The van der Waals surface area contributed by atoms with Gasteiger partial charge in [-0.15, -0.1) is 0 Å². The maximum absolute atomic E-state index is 11.1. The number of hydrogen-bond donors (Lipinski definition) is 2. The Morgan fingerprint density at radius 1 is 1.64 bits per heavy atom. The van der Waals surface area contributed by atoms with Crippen molar-refractivity contribution in [2.45, 2.75) is 30.8 Å². The summed E-state index contributed by atoms with van der Waals surface area (Å²) in [6.45, 7) is 0. The fraction of sp³-hybridized carbons (Fsp3) is 0.625. The molecule has 1 aliphatic carbocycles. The molecular formula is C8H13N5O. The first-order valence-electron chi connectivity index (χ1n) is 4.55. The highest BCUT2D eigenvalue weighted by atomic mass is 16.1. The van der Waals surface area contributed by atoms with Crippen LogP contribution in [0.15, 0.2) is 12.7 Å². The minimum atomic E-state index is -0.864. The number of nitrogens with zero attached hydrogens (tertiary/aromatic N) is 3. The van der Waals surface area contributed by atoms with Gasteiger partial charge in [0.15, 0.2) is 0 Å². The molecule has 4 N–H and O–H groups in total. The second kappa shape index (κ2) is 3.06. The van der Waals surface area contributed by atoms with E-state index in [1.807, 2.05) is 0 Å². The number of rotatable bonds is 2. The summed E-state index contributed by atoms with van der Waals surface area (Å²) >= 11 is 0. The molecule has 6 nitrogen and oxygen atoms in total. The summed E-state index contributed by atoms with van der Waals surface area (Å²) in [7, 11) is 0. The summed E-state index contributed by atoms with van der Waals surface area (Å²) in [5, 5.41) is 4.02. The van der Waals surface area contributed by atoms with E-state index in [0.717, 1.165) is 6.42 Å². The molecule has 1 aromatic heterocycles. The van der Waals surface area contributed by atoms with E-state index in [1.165, 1.54) is 6.33 Å². The van der Waals surface area contributed by atoms with Crippen molar-refractivity contribution in [1.82, 2.24) is 14.8 Å². The van der Waals surface area contributed by atoms with Crippen molar-refractivity contribution in [1.29, 1.82) is 0 Å². The molecule has 76 valence electrons. The summed E-state index contributed by atoms with van der Waals surface area (Å²) < 4.78 is 1.73. The first-order chi connectivity index (χ1) is 6.62. The average molecular weight is 195 g/mol. The van der Waals surface area contributed by atoms with Crippen LogP contribution in [0.5, 0.6) is 0 Å². The predicted molar refractivity (Wildman–Crippen MR) is 49.0 cm³/mol. The van der Waals surface area contributed by atoms with Crippen LogP contribution < -0.4 is 11.5 Å². The van der Waals surface area contributed by atoms with Crippen LogP contribution in [-0.4, -0.2) is 26.2 Å². The summed E-state index contributed by atoms with van der Waals surface area (Å²) in [6.07, 6.45) is 5.10. The number of nitrogens with two attached hydrogens (primary N) is 2. The van der Waals surface area contributed by atoms with Gasteiger partial charge in [-0.1, -0.05) is 0 Å². The van der Waals surface area contributed by atoms with E-state index in [9.17, 15) is 4.79 Å². The van der Waals surface area contributed by atoms with E-state index >= 15 is 0 Å². The standard InChI is InChI=1S/C8H13N5O/c9-7(14)8(10)2-1-6(3-8)13-5-11-4-12-13/h4-6H,1-3,10H2,(H2,9,14). The lowest BCUT2D eigenvalue weighted by Gasteiger charge is -2.19. The van der Waals surface area contributed by atoms with Gasteiger partial charge in [0.1, 0.15) is 12.7 Å². The van der Waals surface area contributed by atoms with Gasteiger partial charge in [0.05, 0.1) is 11.6 Å². The second-order valence-corrected chi connectivity index (χ2v) is 3.79. The Kier molecular flexibility index (Phi) is 1.99. The summed E-state index contributed by atoms with van der Waals surface area (Å²) in [4.78, 5) is 14.9. The number of primary amides is 1. The fourth-order valence-electron chi connectivity index (χ4n) is 1.90. The molecule has 14 heavy (non-hydrogen) atoms. The smallest absolute Gasteiger partial charge is 0.237 e. The third-order valence-corrected chi connectivity index (χ3v) is 2.83. The van der Waals surface area contributed by atoms with E-state index < -0.39 is 11.4 Å². The van der Waals surface area contributed by atoms with Crippen LogP contribution in [0.3, 0.4) is 0 Å². The Morgan fingerprint density at radius 3 is 2.93 bits per heavy atom. The molecule has 0 bridgehead atoms. The number of carbonyl (C=O) groups excluding carboxylic acids is 1. The van der Waals surface area contributed by atoms with Gasteiger partial charge in [-0.2, -0.15) is 5.10 Å². The van der Waals surface area contributed by atoms with Crippen LogP contribution >= 0.6 is 0 Å². The molecule has 1 aromatic rings.